The number of carbonyl (C=O) groups excluding carboxylic acids is 1. The van der Waals surface area contributed by atoms with E-state index >= 15 is 0 Å². The summed E-state index contributed by atoms with van der Waals surface area (Å²) in [6.45, 7) is 6.53. The molecule has 0 bridgehead atoms. The van der Waals surface area contributed by atoms with Gasteiger partial charge in [-0.2, -0.15) is 0 Å². The number of amides is 1. The molecule has 146 valence electrons. The van der Waals surface area contributed by atoms with Gasteiger partial charge in [0.2, 0.25) is 5.91 Å². The van der Waals surface area contributed by atoms with Crippen molar-refractivity contribution in [2.75, 3.05) is 13.2 Å². The van der Waals surface area contributed by atoms with E-state index in [1.54, 1.807) is 6.07 Å². The van der Waals surface area contributed by atoms with Crippen molar-refractivity contribution >= 4 is 17.5 Å². The average Bonchev–Trinajstić information content (AvgIpc) is 3.05. The van der Waals surface area contributed by atoms with Crippen LogP contribution in [0.15, 0.2) is 28.8 Å². The summed E-state index contributed by atoms with van der Waals surface area (Å²) >= 11 is 6.18. The molecule has 1 fully saturated rings. The van der Waals surface area contributed by atoms with Crippen LogP contribution in [0.3, 0.4) is 0 Å². The Morgan fingerprint density at radius 3 is 2.81 bits per heavy atom. The first-order valence-electron chi connectivity index (χ1n) is 9.25. The van der Waals surface area contributed by atoms with Crippen LogP contribution < -0.4 is 14.8 Å². The van der Waals surface area contributed by atoms with Gasteiger partial charge in [0.25, 0.3) is 0 Å². The van der Waals surface area contributed by atoms with Crippen LogP contribution in [0.2, 0.25) is 5.02 Å². The summed E-state index contributed by atoms with van der Waals surface area (Å²) in [7, 11) is 0. The minimum atomic E-state index is -0.149. The molecule has 1 atom stereocenters. The van der Waals surface area contributed by atoms with Crippen LogP contribution in [-0.4, -0.2) is 24.3 Å². The van der Waals surface area contributed by atoms with Gasteiger partial charge in [-0.1, -0.05) is 16.8 Å². The first-order valence-corrected chi connectivity index (χ1v) is 9.62. The van der Waals surface area contributed by atoms with Crippen LogP contribution in [-0.2, 0) is 4.79 Å². The van der Waals surface area contributed by atoms with E-state index in [4.69, 9.17) is 25.6 Å². The number of ether oxygens (including phenoxy) is 2. The molecule has 0 radical (unpaired) electrons. The lowest BCUT2D eigenvalue weighted by Gasteiger charge is -2.33. The fourth-order valence-electron chi connectivity index (χ4n) is 3.24. The Hall–Kier alpha value is -2.21. The van der Waals surface area contributed by atoms with Crippen molar-refractivity contribution in [1.29, 1.82) is 0 Å². The van der Waals surface area contributed by atoms with Crippen molar-refractivity contribution in [3.63, 3.8) is 0 Å². The zero-order chi connectivity index (χ0) is 19.4. The summed E-state index contributed by atoms with van der Waals surface area (Å²) in [5.74, 6) is 3.04. The van der Waals surface area contributed by atoms with Crippen LogP contribution >= 0.6 is 11.6 Å². The number of nitrogens with one attached hydrogen (secondary N) is 1. The van der Waals surface area contributed by atoms with Crippen molar-refractivity contribution < 1.29 is 18.8 Å². The summed E-state index contributed by atoms with van der Waals surface area (Å²) in [4.78, 5) is 11.1. The topological polar surface area (TPSA) is 73.6 Å². The van der Waals surface area contributed by atoms with Crippen molar-refractivity contribution in [2.45, 2.75) is 45.6 Å². The SMILES string of the molecule is CCOc1ccc(OCC2CC(c3cc([C@H](C)NC(C)=O)no3)C2)cc1Cl. The van der Waals surface area contributed by atoms with Gasteiger partial charge < -0.3 is 19.3 Å². The molecule has 0 spiro atoms. The summed E-state index contributed by atoms with van der Waals surface area (Å²) in [5.41, 5.74) is 0.754. The molecular weight excluding hydrogens is 368 g/mol. The first kappa shape index (κ1) is 19.5. The minimum Gasteiger partial charge on any atom is -0.493 e. The van der Waals surface area contributed by atoms with Crippen LogP contribution in [0.5, 0.6) is 11.5 Å². The third-order valence-corrected chi connectivity index (χ3v) is 5.03. The smallest absolute Gasteiger partial charge is 0.217 e. The summed E-state index contributed by atoms with van der Waals surface area (Å²) in [5, 5.41) is 7.44. The molecule has 1 aliphatic rings. The predicted octanol–water partition coefficient (Wildman–Crippen LogP) is 4.50. The monoisotopic (exact) mass is 392 g/mol. The number of halogens is 1. The molecule has 0 saturated heterocycles. The second-order valence-corrected chi connectivity index (χ2v) is 7.35. The summed E-state index contributed by atoms with van der Waals surface area (Å²) in [6, 6.07) is 7.28. The van der Waals surface area contributed by atoms with E-state index in [-0.39, 0.29) is 11.9 Å². The van der Waals surface area contributed by atoms with Gasteiger partial charge in [-0.3, -0.25) is 4.79 Å². The summed E-state index contributed by atoms with van der Waals surface area (Å²) in [6.07, 6.45) is 1.99. The van der Waals surface area contributed by atoms with E-state index in [0.717, 1.165) is 30.0 Å². The third-order valence-electron chi connectivity index (χ3n) is 4.74. The predicted molar refractivity (Wildman–Crippen MR) is 102 cm³/mol. The zero-order valence-electron chi connectivity index (χ0n) is 15.8. The fraction of sp³-hybridized carbons (Fsp3) is 0.500. The number of aromatic nitrogens is 1. The highest BCUT2D eigenvalue weighted by Gasteiger charge is 2.34. The largest absolute Gasteiger partial charge is 0.493 e. The molecule has 6 nitrogen and oxygen atoms in total. The Bertz CT molecular complexity index is 786. The lowest BCUT2D eigenvalue weighted by Crippen LogP contribution is -2.27. The van der Waals surface area contributed by atoms with E-state index in [2.05, 4.69) is 10.5 Å². The van der Waals surface area contributed by atoms with Crippen molar-refractivity contribution in [3.05, 3.63) is 40.7 Å². The van der Waals surface area contributed by atoms with Crippen LogP contribution in [0, 0.1) is 5.92 Å². The number of carbonyl (C=O) groups is 1. The second kappa shape index (κ2) is 8.65. The Morgan fingerprint density at radius 1 is 1.37 bits per heavy atom. The van der Waals surface area contributed by atoms with E-state index < -0.39 is 0 Å². The van der Waals surface area contributed by atoms with Crippen molar-refractivity contribution in [3.8, 4) is 11.5 Å². The Labute approximate surface area is 164 Å². The van der Waals surface area contributed by atoms with Crippen LogP contribution in [0.1, 0.15) is 57.0 Å². The molecular formula is C20H25ClN2O4. The first-order chi connectivity index (χ1) is 13.0. The standard InChI is InChI=1S/C20H25ClN2O4/c1-4-25-19-6-5-16(9-17(19)21)26-11-14-7-15(8-14)20-10-18(23-27-20)12(2)22-13(3)24/h5-6,9-10,12,14-15H,4,7-8,11H2,1-3H3,(H,22,24)/t12-,14?,15?/m0/s1. The Balaban J connectivity index is 1.46. The van der Waals surface area contributed by atoms with E-state index in [9.17, 15) is 4.79 Å². The van der Waals surface area contributed by atoms with E-state index in [0.29, 0.717) is 35.8 Å². The molecule has 3 rings (SSSR count). The van der Waals surface area contributed by atoms with E-state index in [1.165, 1.54) is 6.92 Å². The zero-order valence-corrected chi connectivity index (χ0v) is 16.6. The molecule has 1 heterocycles. The molecule has 1 N–H and O–H groups in total. The van der Waals surface area contributed by atoms with Gasteiger partial charge in [-0.05, 0) is 44.7 Å². The maximum atomic E-state index is 11.1. The Kier molecular flexibility index (Phi) is 6.26. The molecule has 0 unspecified atom stereocenters. The van der Waals surface area contributed by atoms with Crippen molar-refractivity contribution in [2.24, 2.45) is 5.92 Å². The highest BCUT2D eigenvalue weighted by Crippen LogP contribution is 2.42. The molecule has 2 aromatic rings. The minimum absolute atomic E-state index is 0.0812. The molecule has 1 aromatic heterocycles. The normalized spacial score (nSPS) is 19.9. The second-order valence-electron chi connectivity index (χ2n) is 6.95. The summed E-state index contributed by atoms with van der Waals surface area (Å²) < 4.78 is 16.7. The quantitative estimate of drug-likeness (QED) is 0.716. The molecule has 0 aliphatic heterocycles. The average molecular weight is 393 g/mol. The van der Waals surface area contributed by atoms with Gasteiger partial charge in [0, 0.05) is 25.0 Å². The molecule has 1 aliphatic carbocycles. The number of hydrogen-bond donors (Lipinski definition) is 1. The van der Waals surface area contributed by atoms with Gasteiger partial charge in [-0.15, -0.1) is 0 Å². The maximum Gasteiger partial charge on any atom is 0.217 e. The van der Waals surface area contributed by atoms with Gasteiger partial charge in [0.15, 0.2) is 0 Å². The highest BCUT2D eigenvalue weighted by molar-refractivity contribution is 6.32. The fourth-order valence-corrected chi connectivity index (χ4v) is 3.47. The number of hydrogen-bond acceptors (Lipinski definition) is 5. The van der Waals surface area contributed by atoms with E-state index in [1.807, 2.05) is 32.0 Å². The maximum absolute atomic E-state index is 11.1. The highest BCUT2D eigenvalue weighted by atomic mass is 35.5. The number of nitrogens with zero attached hydrogens (tertiary/aromatic N) is 1. The van der Waals surface area contributed by atoms with Gasteiger partial charge in [0.05, 0.1) is 24.3 Å². The molecule has 1 aromatic carbocycles. The lowest BCUT2D eigenvalue weighted by atomic mass is 9.74. The molecule has 1 saturated carbocycles. The van der Waals surface area contributed by atoms with Crippen LogP contribution in [0.25, 0.3) is 0 Å². The number of rotatable bonds is 8. The van der Waals surface area contributed by atoms with Gasteiger partial charge in [0.1, 0.15) is 23.0 Å². The third kappa shape index (κ3) is 4.95. The van der Waals surface area contributed by atoms with Gasteiger partial charge in [-0.25, -0.2) is 0 Å². The Morgan fingerprint density at radius 2 is 2.15 bits per heavy atom. The molecule has 7 heteroatoms. The molecule has 27 heavy (non-hydrogen) atoms. The van der Waals surface area contributed by atoms with Crippen LogP contribution in [0.4, 0.5) is 0 Å². The molecule has 1 amide bonds. The van der Waals surface area contributed by atoms with Crippen molar-refractivity contribution in [1.82, 2.24) is 10.5 Å². The lowest BCUT2D eigenvalue weighted by molar-refractivity contribution is -0.119. The number of benzene rings is 1. The van der Waals surface area contributed by atoms with Gasteiger partial charge >= 0.3 is 0 Å².